The van der Waals surface area contributed by atoms with Crippen LogP contribution in [0.3, 0.4) is 0 Å². The molecule has 1 unspecified atom stereocenters. The first-order chi connectivity index (χ1) is 9.89. The molecule has 1 aromatic carbocycles. The molecule has 0 spiro atoms. The molecule has 0 aromatic heterocycles. The third-order valence-corrected chi connectivity index (χ3v) is 5.36. The molecule has 3 N–H and O–H groups in total. The number of hydrogen-bond donors (Lipinski definition) is 2. The van der Waals surface area contributed by atoms with E-state index in [1.165, 1.54) is 12.8 Å². The Morgan fingerprint density at radius 1 is 1.48 bits per heavy atom. The van der Waals surface area contributed by atoms with Crippen molar-refractivity contribution in [3.05, 3.63) is 35.4 Å². The summed E-state index contributed by atoms with van der Waals surface area (Å²) < 4.78 is 27.4. The van der Waals surface area contributed by atoms with Crippen LogP contribution in [0, 0.1) is 5.92 Å². The van der Waals surface area contributed by atoms with E-state index < -0.39 is 10.0 Å². The van der Waals surface area contributed by atoms with Gasteiger partial charge in [0, 0.05) is 11.6 Å². The van der Waals surface area contributed by atoms with Crippen LogP contribution in [0.1, 0.15) is 43.7 Å². The highest BCUT2D eigenvalue weighted by Gasteiger charge is 2.27. The molecule has 1 fully saturated rings. The van der Waals surface area contributed by atoms with Crippen LogP contribution in [0.5, 0.6) is 0 Å². The number of nitrogens with one attached hydrogen (secondary N) is 1. The Morgan fingerprint density at radius 3 is 2.76 bits per heavy atom. The van der Waals surface area contributed by atoms with Crippen molar-refractivity contribution < 1.29 is 8.42 Å². The quantitative estimate of drug-likeness (QED) is 0.719. The summed E-state index contributed by atoms with van der Waals surface area (Å²) in [4.78, 5) is 0.280. The third kappa shape index (κ3) is 5.37. The second kappa shape index (κ2) is 6.85. The second-order valence-electron chi connectivity index (χ2n) is 5.73. The Bertz CT molecular complexity index is 610. The molecule has 116 valence electrons. The van der Waals surface area contributed by atoms with Gasteiger partial charge in [0.05, 0.1) is 5.75 Å². The first-order valence-corrected chi connectivity index (χ1v) is 9.34. The molecule has 0 heterocycles. The topological polar surface area (TPSA) is 72.2 Å². The average Bonchev–Trinajstić information content (AvgIpc) is 3.21. The van der Waals surface area contributed by atoms with Gasteiger partial charge >= 0.3 is 0 Å². The molecule has 21 heavy (non-hydrogen) atoms. The molecule has 0 bridgehead atoms. The van der Waals surface area contributed by atoms with Crippen LogP contribution in [-0.4, -0.2) is 19.4 Å². The van der Waals surface area contributed by atoms with Crippen molar-refractivity contribution in [1.82, 2.24) is 4.72 Å². The van der Waals surface area contributed by atoms with Crippen molar-refractivity contribution in [3.63, 3.8) is 0 Å². The van der Waals surface area contributed by atoms with Gasteiger partial charge in [-0.15, -0.1) is 0 Å². The first-order valence-electron chi connectivity index (χ1n) is 7.28. The normalized spacial score (nSPS) is 16.6. The molecule has 0 amide bonds. The van der Waals surface area contributed by atoms with Gasteiger partial charge < -0.3 is 5.73 Å². The maximum absolute atomic E-state index is 12.3. The van der Waals surface area contributed by atoms with Crippen LogP contribution in [0.15, 0.2) is 24.3 Å². The summed E-state index contributed by atoms with van der Waals surface area (Å²) in [5.74, 6) is 0.667. The molecule has 2 rings (SSSR count). The molecule has 0 aliphatic heterocycles. The lowest BCUT2D eigenvalue weighted by Gasteiger charge is -2.17. The summed E-state index contributed by atoms with van der Waals surface area (Å²) in [6.45, 7) is 2.02. The zero-order valence-electron chi connectivity index (χ0n) is 12.2. The molecule has 4 nitrogen and oxygen atoms in total. The number of thiocarbonyl (C=S) groups is 1. The molecular weight excluding hydrogens is 304 g/mol. The van der Waals surface area contributed by atoms with E-state index in [2.05, 4.69) is 4.72 Å². The predicted molar refractivity (Wildman–Crippen MR) is 89.5 cm³/mol. The first kappa shape index (κ1) is 16.4. The fraction of sp³-hybridized carbons (Fsp3) is 0.533. The number of hydrogen-bond acceptors (Lipinski definition) is 3. The molecule has 6 heteroatoms. The van der Waals surface area contributed by atoms with Crippen LogP contribution < -0.4 is 10.5 Å². The van der Waals surface area contributed by atoms with Gasteiger partial charge in [-0.3, -0.25) is 0 Å². The molecule has 1 aliphatic rings. The lowest BCUT2D eigenvalue weighted by atomic mass is 10.1. The largest absolute Gasteiger partial charge is 0.389 e. The van der Waals surface area contributed by atoms with Gasteiger partial charge in [-0.2, -0.15) is 0 Å². The second-order valence-corrected chi connectivity index (χ2v) is 7.92. The van der Waals surface area contributed by atoms with Crippen molar-refractivity contribution in [3.8, 4) is 0 Å². The van der Waals surface area contributed by atoms with E-state index in [9.17, 15) is 8.42 Å². The number of rotatable bonds is 8. The summed E-state index contributed by atoms with van der Waals surface area (Å²) in [7, 11) is -3.34. The smallest absolute Gasteiger partial charge is 0.216 e. The van der Waals surface area contributed by atoms with Gasteiger partial charge in [0.2, 0.25) is 10.0 Å². The Labute approximate surface area is 132 Å². The number of nitrogens with two attached hydrogens (primary N) is 1. The van der Waals surface area contributed by atoms with E-state index >= 15 is 0 Å². The lowest BCUT2D eigenvalue weighted by Crippen LogP contribution is -2.35. The number of benzene rings is 1. The van der Waals surface area contributed by atoms with E-state index in [4.69, 9.17) is 18.0 Å². The minimum atomic E-state index is -3.34. The fourth-order valence-electron chi connectivity index (χ4n) is 2.38. The van der Waals surface area contributed by atoms with Gasteiger partial charge in [-0.1, -0.05) is 50.2 Å². The maximum Gasteiger partial charge on any atom is 0.216 e. The zero-order valence-corrected chi connectivity index (χ0v) is 13.8. The van der Waals surface area contributed by atoms with Gasteiger partial charge in [-0.05, 0) is 30.4 Å². The SMILES string of the molecule is CCC(CC1CC1)NS(=O)(=O)Cc1cccc(C(N)=S)c1. The van der Waals surface area contributed by atoms with Crippen LogP contribution in [-0.2, 0) is 15.8 Å². The maximum atomic E-state index is 12.3. The monoisotopic (exact) mass is 326 g/mol. The third-order valence-electron chi connectivity index (χ3n) is 3.72. The highest BCUT2D eigenvalue weighted by molar-refractivity contribution is 7.88. The molecule has 1 aliphatic carbocycles. The zero-order chi connectivity index (χ0) is 15.5. The minimum Gasteiger partial charge on any atom is -0.389 e. The summed E-state index contributed by atoms with van der Waals surface area (Å²) in [5, 5.41) is 0. The summed E-state index contributed by atoms with van der Waals surface area (Å²) in [6, 6.07) is 7.13. The average molecular weight is 326 g/mol. The highest BCUT2D eigenvalue weighted by atomic mass is 32.2. The van der Waals surface area contributed by atoms with Gasteiger partial charge in [0.1, 0.15) is 4.99 Å². The van der Waals surface area contributed by atoms with Crippen molar-refractivity contribution in [2.75, 3.05) is 0 Å². The molecule has 0 radical (unpaired) electrons. The Balaban J connectivity index is 2.02. The van der Waals surface area contributed by atoms with Gasteiger partial charge in [0.15, 0.2) is 0 Å². The summed E-state index contributed by atoms with van der Waals surface area (Å²) >= 11 is 4.92. The molecule has 1 aromatic rings. The predicted octanol–water partition coefficient (Wildman–Crippen LogP) is 2.32. The lowest BCUT2D eigenvalue weighted by molar-refractivity contribution is 0.495. The Morgan fingerprint density at radius 2 is 2.19 bits per heavy atom. The fourth-order valence-corrected chi connectivity index (χ4v) is 3.98. The van der Waals surface area contributed by atoms with Gasteiger partial charge in [0.25, 0.3) is 0 Å². The van der Waals surface area contributed by atoms with E-state index in [1.807, 2.05) is 6.92 Å². The van der Waals surface area contributed by atoms with Crippen molar-refractivity contribution in [1.29, 1.82) is 0 Å². The van der Waals surface area contributed by atoms with Crippen LogP contribution in [0.4, 0.5) is 0 Å². The summed E-state index contributed by atoms with van der Waals surface area (Å²) in [6.07, 6.45) is 4.23. The Kier molecular flexibility index (Phi) is 5.35. The van der Waals surface area contributed by atoms with Crippen LogP contribution in [0.2, 0.25) is 0 Å². The highest BCUT2D eigenvalue weighted by Crippen LogP contribution is 2.34. The van der Waals surface area contributed by atoms with Gasteiger partial charge in [-0.25, -0.2) is 13.1 Å². The van der Waals surface area contributed by atoms with Crippen LogP contribution >= 0.6 is 12.2 Å². The van der Waals surface area contributed by atoms with E-state index in [0.717, 1.165) is 12.8 Å². The molecule has 1 saturated carbocycles. The van der Waals surface area contributed by atoms with Crippen molar-refractivity contribution in [2.45, 2.75) is 44.4 Å². The molecule has 1 atom stereocenters. The summed E-state index contributed by atoms with van der Waals surface area (Å²) in [5.41, 5.74) is 6.98. The molecular formula is C15H22N2O2S2. The van der Waals surface area contributed by atoms with E-state index in [1.54, 1.807) is 24.3 Å². The van der Waals surface area contributed by atoms with Crippen molar-refractivity contribution >= 4 is 27.2 Å². The Hall–Kier alpha value is -0.980. The van der Waals surface area contributed by atoms with Crippen LogP contribution in [0.25, 0.3) is 0 Å². The van der Waals surface area contributed by atoms with E-state index in [0.29, 0.717) is 17.0 Å². The van der Waals surface area contributed by atoms with E-state index in [-0.39, 0.29) is 16.8 Å². The molecule has 0 saturated heterocycles. The standard InChI is InChI=1S/C15H22N2O2S2/c1-2-14(9-11-6-7-11)17-21(18,19)10-12-4-3-5-13(8-12)15(16)20/h3-5,8,11,14,17H,2,6-7,9-10H2,1H3,(H2,16,20). The number of sulfonamides is 1. The van der Waals surface area contributed by atoms with Crippen molar-refractivity contribution in [2.24, 2.45) is 11.7 Å². The minimum absolute atomic E-state index is 0.0371.